The lowest BCUT2D eigenvalue weighted by Gasteiger charge is -2.47. The molecule has 2 saturated heterocycles. The maximum atomic E-state index is 12.9. The number of aromatic nitrogens is 4. The molecule has 1 unspecified atom stereocenters. The van der Waals surface area contributed by atoms with Crippen LogP contribution in [0.5, 0.6) is 5.75 Å². The van der Waals surface area contributed by atoms with Gasteiger partial charge >= 0.3 is 0 Å². The summed E-state index contributed by atoms with van der Waals surface area (Å²) in [4.78, 5) is 26.7. The molecule has 38 heavy (non-hydrogen) atoms. The van der Waals surface area contributed by atoms with Crippen molar-refractivity contribution in [1.82, 2.24) is 30.0 Å². The highest BCUT2D eigenvalue weighted by molar-refractivity contribution is 5.64. The molecule has 13 nitrogen and oxygen atoms in total. The Morgan fingerprint density at radius 3 is 2.50 bits per heavy atom. The molecule has 0 radical (unpaired) electrons. The highest BCUT2D eigenvalue weighted by atomic mass is 16.4. The van der Waals surface area contributed by atoms with Crippen LogP contribution in [0.15, 0.2) is 33.5 Å². The van der Waals surface area contributed by atoms with Crippen LogP contribution >= 0.6 is 0 Å². The number of nitrogens with two attached hydrogens (primary N) is 1. The van der Waals surface area contributed by atoms with Gasteiger partial charge in [0.2, 0.25) is 5.89 Å². The van der Waals surface area contributed by atoms with E-state index in [2.05, 4.69) is 36.9 Å². The third kappa shape index (κ3) is 5.23. The van der Waals surface area contributed by atoms with E-state index in [1.54, 1.807) is 12.1 Å². The molecule has 0 aliphatic carbocycles. The lowest BCUT2D eigenvalue weighted by molar-refractivity contribution is 0.0404. The number of aliphatic hydroxyl groups excluding tert-OH is 2. The van der Waals surface area contributed by atoms with Crippen LogP contribution in [0.3, 0.4) is 0 Å². The molecule has 6 N–H and O–H groups in total. The Morgan fingerprint density at radius 2 is 1.87 bits per heavy atom. The molecule has 0 amide bonds. The quantitative estimate of drug-likeness (QED) is 0.285. The molecule has 1 aromatic carbocycles. The second-order valence-electron chi connectivity index (χ2n) is 9.90. The molecule has 5 rings (SSSR count). The molecule has 13 heteroatoms. The summed E-state index contributed by atoms with van der Waals surface area (Å²) in [5, 5.41) is 36.3. The fourth-order valence-corrected chi connectivity index (χ4v) is 5.61. The number of anilines is 2. The largest absolute Gasteiger partial charge is 0.508 e. The van der Waals surface area contributed by atoms with Gasteiger partial charge in [-0.05, 0) is 37.5 Å². The minimum absolute atomic E-state index is 0.000998. The highest BCUT2D eigenvalue weighted by Gasteiger charge is 2.34. The number of phenols is 1. The Balaban J connectivity index is 1.21. The first-order valence-electron chi connectivity index (χ1n) is 12.9. The van der Waals surface area contributed by atoms with Gasteiger partial charge in [-0.15, -0.1) is 10.2 Å². The number of hydrogen-bond donors (Lipinski definition) is 5. The number of benzene rings is 1. The lowest BCUT2D eigenvalue weighted by atomic mass is 9.96. The van der Waals surface area contributed by atoms with Crippen LogP contribution in [0.4, 0.5) is 11.6 Å². The number of piperazine rings is 1. The van der Waals surface area contributed by atoms with Gasteiger partial charge in [-0.2, -0.15) is 0 Å². The first-order chi connectivity index (χ1) is 18.4. The number of aromatic hydroxyl groups is 1. The van der Waals surface area contributed by atoms with Gasteiger partial charge in [0.05, 0.1) is 12.6 Å². The summed E-state index contributed by atoms with van der Waals surface area (Å²) in [6, 6.07) is 7.59. The molecule has 2 aliphatic rings. The van der Waals surface area contributed by atoms with Crippen molar-refractivity contribution in [2.24, 2.45) is 0 Å². The van der Waals surface area contributed by atoms with Crippen molar-refractivity contribution in [3.8, 4) is 17.3 Å². The van der Waals surface area contributed by atoms with E-state index in [0.29, 0.717) is 19.1 Å². The Morgan fingerprint density at radius 1 is 1.13 bits per heavy atom. The number of nitrogens with one attached hydrogen (secondary N) is 1. The van der Waals surface area contributed by atoms with Gasteiger partial charge in [-0.3, -0.25) is 14.6 Å². The SMILES string of the molecule is CC1CN(c2nc(N)c(-c3nnc(CO)o3)[nH]c2=O)CCN1C1CCN([C@@H](CO)c2ccc(O)cc2)CC1. The number of nitrogen functional groups attached to an aromatic ring is 1. The fourth-order valence-electron chi connectivity index (χ4n) is 5.61. The lowest BCUT2D eigenvalue weighted by Crippen LogP contribution is -2.58. The Hall–Kier alpha value is -3.52. The summed E-state index contributed by atoms with van der Waals surface area (Å²) in [7, 11) is 0. The first-order valence-corrected chi connectivity index (χ1v) is 12.9. The van der Waals surface area contributed by atoms with Crippen molar-refractivity contribution < 1.29 is 19.7 Å². The predicted molar refractivity (Wildman–Crippen MR) is 139 cm³/mol. The summed E-state index contributed by atoms with van der Waals surface area (Å²) < 4.78 is 5.29. The topological polar surface area (TPSA) is 181 Å². The van der Waals surface area contributed by atoms with Crippen molar-refractivity contribution in [3.05, 3.63) is 46.1 Å². The van der Waals surface area contributed by atoms with Crippen molar-refractivity contribution in [2.45, 2.75) is 44.5 Å². The predicted octanol–water partition coefficient (Wildman–Crippen LogP) is 0.309. The third-order valence-electron chi connectivity index (χ3n) is 7.58. The number of aromatic amines is 1. The third-order valence-corrected chi connectivity index (χ3v) is 7.58. The summed E-state index contributed by atoms with van der Waals surface area (Å²) >= 11 is 0. The zero-order chi connectivity index (χ0) is 26.8. The Labute approximate surface area is 219 Å². The van der Waals surface area contributed by atoms with Gasteiger partial charge in [0.1, 0.15) is 18.1 Å². The van der Waals surface area contributed by atoms with Gasteiger partial charge in [0.25, 0.3) is 11.4 Å². The molecule has 2 atom stereocenters. The van der Waals surface area contributed by atoms with Crippen molar-refractivity contribution in [2.75, 3.05) is 50.0 Å². The number of piperidine rings is 1. The van der Waals surface area contributed by atoms with Crippen molar-refractivity contribution in [1.29, 1.82) is 0 Å². The maximum absolute atomic E-state index is 12.9. The summed E-state index contributed by atoms with van der Waals surface area (Å²) in [5.41, 5.74) is 6.86. The monoisotopic (exact) mass is 526 g/mol. The molecular weight excluding hydrogens is 492 g/mol. The number of nitrogens with zero attached hydrogens (tertiary/aromatic N) is 6. The minimum Gasteiger partial charge on any atom is -0.508 e. The van der Waals surface area contributed by atoms with Crippen molar-refractivity contribution in [3.63, 3.8) is 0 Å². The summed E-state index contributed by atoms with van der Waals surface area (Å²) in [5.74, 6) is 0.571. The van der Waals surface area contributed by atoms with Crippen LogP contribution < -0.4 is 16.2 Å². The van der Waals surface area contributed by atoms with Crippen LogP contribution in [0.2, 0.25) is 0 Å². The molecule has 2 aromatic heterocycles. The number of H-pyrrole nitrogens is 1. The molecular formula is C25H34N8O5. The van der Waals surface area contributed by atoms with Crippen LogP contribution in [-0.4, -0.2) is 96.7 Å². The van der Waals surface area contributed by atoms with Crippen LogP contribution in [0.25, 0.3) is 11.6 Å². The molecule has 3 aromatic rings. The number of aliphatic hydroxyl groups is 2. The second-order valence-corrected chi connectivity index (χ2v) is 9.90. The smallest absolute Gasteiger partial charge is 0.291 e. The zero-order valence-corrected chi connectivity index (χ0v) is 21.3. The number of hydrogen-bond acceptors (Lipinski definition) is 12. The van der Waals surface area contributed by atoms with E-state index in [-0.39, 0.29) is 53.6 Å². The van der Waals surface area contributed by atoms with E-state index in [1.807, 2.05) is 17.0 Å². The van der Waals surface area contributed by atoms with Gasteiger partial charge in [0.15, 0.2) is 11.6 Å². The molecule has 0 saturated carbocycles. The Kier molecular flexibility index (Phi) is 7.61. The fraction of sp³-hybridized carbons (Fsp3) is 0.520. The molecule has 2 aliphatic heterocycles. The van der Waals surface area contributed by atoms with Crippen molar-refractivity contribution >= 4 is 11.6 Å². The number of phenolic OH excluding ortho intramolecular Hbond substituents is 1. The summed E-state index contributed by atoms with van der Waals surface area (Å²) in [6.07, 6.45) is 1.97. The molecule has 0 bridgehead atoms. The summed E-state index contributed by atoms with van der Waals surface area (Å²) in [6.45, 7) is 5.59. The van der Waals surface area contributed by atoms with Crippen LogP contribution in [-0.2, 0) is 6.61 Å². The van der Waals surface area contributed by atoms with Gasteiger partial charge in [0, 0.05) is 44.8 Å². The van der Waals surface area contributed by atoms with Crippen LogP contribution in [0, 0.1) is 0 Å². The van der Waals surface area contributed by atoms with Crippen LogP contribution in [0.1, 0.15) is 37.3 Å². The van der Waals surface area contributed by atoms with E-state index in [0.717, 1.165) is 38.0 Å². The zero-order valence-electron chi connectivity index (χ0n) is 21.3. The maximum Gasteiger partial charge on any atom is 0.291 e. The first kappa shape index (κ1) is 26.1. The number of likely N-dealkylation sites (tertiary alicyclic amines) is 1. The standard InChI is InChI=1S/C25H34N8O5/c1-15-12-32(23-24(37)27-21(22(26)28-23)25-30-29-20(14-35)38-25)10-11-33(15)17-6-8-31(9-7-17)19(13-34)16-2-4-18(36)5-3-16/h2-5,15,17,19,34-36H,6-14H2,1H3,(H2,26,28)(H,27,37)/t15?,19-/m0/s1. The van der Waals surface area contributed by atoms with E-state index < -0.39 is 12.2 Å². The van der Waals surface area contributed by atoms with E-state index in [4.69, 9.17) is 15.3 Å². The highest BCUT2D eigenvalue weighted by Crippen LogP contribution is 2.29. The minimum atomic E-state index is -0.412. The van der Waals surface area contributed by atoms with Gasteiger partial charge in [-0.25, -0.2) is 4.98 Å². The molecule has 0 spiro atoms. The van der Waals surface area contributed by atoms with E-state index >= 15 is 0 Å². The molecule has 204 valence electrons. The Bertz CT molecular complexity index is 1290. The molecule has 2 fully saturated rings. The normalized spacial score (nSPS) is 20.6. The van der Waals surface area contributed by atoms with Gasteiger partial charge < -0.3 is 35.4 Å². The van der Waals surface area contributed by atoms with Gasteiger partial charge in [-0.1, -0.05) is 12.1 Å². The molecule has 4 heterocycles. The van der Waals surface area contributed by atoms with E-state index in [1.165, 1.54) is 0 Å². The van der Waals surface area contributed by atoms with E-state index in [9.17, 15) is 15.0 Å². The average Bonchev–Trinajstić information content (AvgIpc) is 3.41. The number of rotatable bonds is 7. The second kappa shape index (κ2) is 11.1. The average molecular weight is 527 g/mol.